The number of likely N-dealkylation sites (tertiary alicyclic amines) is 1. The first-order chi connectivity index (χ1) is 10.6. The van der Waals surface area contributed by atoms with E-state index < -0.39 is 5.60 Å². The molecule has 1 saturated heterocycles. The molecule has 1 aliphatic carbocycles. The minimum Gasteiger partial charge on any atom is -0.389 e. The fourth-order valence-electron chi connectivity index (χ4n) is 4.70. The van der Waals surface area contributed by atoms with Gasteiger partial charge in [-0.1, -0.05) is 56.5 Å². The van der Waals surface area contributed by atoms with E-state index >= 15 is 0 Å². The highest BCUT2D eigenvalue weighted by Crippen LogP contribution is 2.43. The number of hydrogen-bond donors (Lipinski definition) is 1. The predicted molar refractivity (Wildman–Crippen MR) is 91.6 cm³/mol. The maximum absolute atomic E-state index is 11.4. The third-order valence-corrected chi connectivity index (χ3v) is 6.15. The van der Waals surface area contributed by atoms with Gasteiger partial charge >= 0.3 is 0 Å². The summed E-state index contributed by atoms with van der Waals surface area (Å²) in [6.07, 6.45) is 7.37. The van der Waals surface area contributed by atoms with E-state index in [9.17, 15) is 5.11 Å². The van der Waals surface area contributed by atoms with Crippen molar-refractivity contribution in [3.8, 4) is 0 Å². The molecule has 0 spiro atoms. The zero-order valence-corrected chi connectivity index (χ0v) is 14.2. The average molecular weight is 301 g/mol. The van der Waals surface area contributed by atoms with Gasteiger partial charge in [-0.15, -0.1) is 0 Å². The molecule has 1 saturated carbocycles. The molecule has 2 aliphatic rings. The van der Waals surface area contributed by atoms with Gasteiger partial charge in [-0.25, -0.2) is 0 Å². The molecule has 1 aromatic carbocycles. The Kier molecular flexibility index (Phi) is 4.89. The first kappa shape index (κ1) is 16.0. The van der Waals surface area contributed by atoms with Crippen LogP contribution in [0.25, 0.3) is 0 Å². The van der Waals surface area contributed by atoms with E-state index in [1.807, 2.05) is 0 Å². The third kappa shape index (κ3) is 3.23. The Balaban J connectivity index is 1.68. The van der Waals surface area contributed by atoms with Crippen LogP contribution in [0.5, 0.6) is 0 Å². The molecular weight excluding hydrogens is 270 g/mol. The molecule has 2 heteroatoms. The number of benzene rings is 1. The number of piperidine rings is 1. The van der Waals surface area contributed by atoms with Gasteiger partial charge < -0.3 is 5.11 Å². The maximum atomic E-state index is 11.4. The monoisotopic (exact) mass is 301 g/mol. The zero-order chi connectivity index (χ0) is 15.6. The van der Waals surface area contributed by atoms with Gasteiger partial charge in [-0.05, 0) is 43.6 Å². The van der Waals surface area contributed by atoms with E-state index in [4.69, 9.17) is 0 Å². The number of hydrogen-bond acceptors (Lipinski definition) is 2. The van der Waals surface area contributed by atoms with Crippen molar-refractivity contribution in [1.29, 1.82) is 0 Å². The molecule has 2 fully saturated rings. The van der Waals surface area contributed by atoms with Crippen molar-refractivity contribution < 1.29 is 5.11 Å². The van der Waals surface area contributed by atoms with Gasteiger partial charge in [-0.2, -0.15) is 0 Å². The van der Waals surface area contributed by atoms with Gasteiger partial charge in [0.25, 0.3) is 0 Å². The van der Waals surface area contributed by atoms with Crippen molar-refractivity contribution in [2.45, 2.75) is 70.6 Å². The van der Waals surface area contributed by atoms with Gasteiger partial charge in [0.1, 0.15) is 0 Å². The lowest BCUT2D eigenvalue weighted by atomic mass is 9.66. The molecule has 3 atom stereocenters. The van der Waals surface area contributed by atoms with Gasteiger partial charge in [0.05, 0.1) is 5.60 Å². The fraction of sp³-hybridized carbons (Fsp3) is 0.700. The highest BCUT2D eigenvalue weighted by Gasteiger charge is 2.47. The minimum absolute atomic E-state index is 0.371. The molecule has 1 aromatic rings. The minimum atomic E-state index is -0.437. The summed E-state index contributed by atoms with van der Waals surface area (Å²) < 4.78 is 0. The molecule has 122 valence electrons. The molecule has 2 nitrogen and oxygen atoms in total. The van der Waals surface area contributed by atoms with Crippen LogP contribution in [0.4, 0.5) is 0 Å². The van der Waals surface area contributed by atoms with Crippen molar-refractivity contribution in [2.24, 2.45) is 11.8 Å². The first-order valence-corrected chi connectivity index (χ1v) is 9.10. The van der Waals surface area contributed by atoms with Crippen LogP contribution < -0.4 is 0 Å². The number of aliphatic hydroxyl groups is 1. The van der Waals surface area contributed by atoms with Crippen LogP contribution in [0, 0.1) is 11.8 Å². The molecular formula is C20H31NO. The molecule has 1 N–H and O–H groups in total. The smallest absolute Gasteiger partial charge is 0.0728 e. The van der Waals surface area contributed by atoms with Crippen LogP contribution >= 0.6 is 0 Å². The molecule has 0 amide bonds. The van der Waals surface area contributed by atoms with E-state index in [1.54, 1.807) is 0 Å². The quantitative estimate of drug-likeness (QED) is 0.903. The summed E-state index contributed by atoms with van der Waals surface area (Å²) in [6.45, 7) is 6.58. The Hall–Kier alpha value is -0.860. The van der Waals surface area contributed by atoms with Crippen molar-refractivity contribution >= 4 is 0 Å². The number of nitrogens with zero attached hydrogens (tertiary/aromatic N) is 1. The van der Waals surface area contributed by atoms with Crippen LogP contribution in [0.2, 0.25) is 0 Å². The summed E-state index contributed by atoms with van der Waals surface area (Å²) >= 11 is 0. The Labute approximate surface area is 135 Å². The van der Waals surface area contributed by atoms with Gasteiger partial charge in [0, 0.05) is 19.1 Å². The Morgan fingerprint density at radius 3 is 2.45 bits per heavy atom. The van der Waals surface area contributed by atoms with Crippen molar-refractivity contribution in [3.05, 3.63) is 35.9 Å². The van der Waals surface area contributed by atoms with Crippen LogP contribution in [-0.4, -0.2) is 28.2 Å². The van der Waals surface area contributed by atoms with Gasteiger partial charge in [0.15, 0.2) is 0 Å². The summed E-state index contributed by atoms with van der Waals surface area (Å²) in [6, 6.07) is 11.2. The van der Waals surface area contributed by atoms with Crippen molar-refractivity contribution in [1.82, 2.24) is 4.90 Å². The highest BCUT2D eigenvalue weighted by molar-refractivity contribution is 5.15. The predicted octanol–water partition coefficient (Wildman–Crippen LogP) is 4.23. The van der Waals surface area contributed by atoms with Crippen LogP contribution in [-0.2, 0) is 6.54 Å². The Morgan fingerprint density at radius 2 is 1.77 bits per heavy atom. The number of rotatable bonds is 3. The van der Waals surface area contributed by atoms with Crippen LogP contribution in [0.15, 0.2) is 30.3 Å². The first-order valence-electron chi connectivity index (χ1n) is 9.10. The molecule has 0 bridgehead atoms. The molecule has 0 unspecified atom stereocenters. The highest BCUT2D eigenvalue weighted by atomic mass is 16.3. The summed E-state index contributed by atoms with van der Waals surface area (Å²) in [5.74, 6) is 0.896. The lowest BCUT2D eigenvalue weighted by molar-refractivity contribution is -0.131. The second kappa shape index (κ2) is 6.72. The standard InChI is InChI=1S/C20H31NO/c1-16-14-21(15-18-9-5-3-6-10-18)17(2)13-20(16,22)19-11-7-4-8-12-19/h3,5-6,9-10,16-17,19,22H,4,7-8,11-15H2,1-2H3/t16-,17-,20-/m1/s1. The molecule has 1 aliphatic heterocycles. The molecule has 0 radical (unpaired) electrons. The normalized spacial score (nSPS) is 34.7. The van der Waals surface area contributed by atoms with E-state index in [2.05, 4.69) is 49.1 Å². The molecule has 22 heavy (non-hydrogen) atoms. The summed E-state index contributed by atoms with van der Waals surface area (Å²) in [5.41, 5.74) is 0.942. The second-order valence-corrected chi connectivity index (χ2v) is 7.70. The lowest BCUT2D eigenvalue weighted by Crippen LogP contribution is -2.58. The van der Waals surface area contributed by atoms with Crippen LogP contribution in [0.1, 0.15) is 57.9 Å². The Bertz CT molecular complexity index is 468. The molecule has 3 rings (SSSR count). The average Bonchev–Trinajstić information content (AvgIpc) is 2.54. The van der Waals surface area contributed by atoms with Crippen molar-refractivity contribution in [2.75, 3.05) is 6.54 Å². The SMILES string of the molecule is C[C@@H]1C[C@](O)(C2CCCCC2)[C@H](C)CN1Cc1ccccc1. The van der Waals surface area contributed by atoms with E-state index in [1.165, 1.54) is 37.7 Å². The van der Waals surface area contributed by atoms with Gasteiger partial charge in [0.2, 0.25) is 0 Å². The Morgan fingerprint density at radius 1 is 1.09 bits per heavy atom. The largest absolute Gasteiger partial charge is 0.389 e. The summed E-state index contributed by atoms with van der Waals surface area (Å²) in [5, 5.41) is 11.4. The van der Waals surface area contributed by atoms with E-state index in [-0.39, 0.29) is 0 Å². The second-order valence-electron chi connectivity index (χ2n) is 7.70. The molecule has 1 heterocycles. The maximum Gasteiger partial charge on any atom is 0.0728 e. The third-order valence-electron chi connectivity index (χ3n) is 6.15. The topological polar surface area (TPSA) is 23.5 Å². The van der Waals surface area contributed by atoms with Crippen molar-refractivity contribution in [3.63, 3.8) is 0 Å². The van der Waals surface area contributed by atoms with Gasteiger partial charge in [-0.3, -0.25) is 4.90 Å². The molecule has 0 aromatic heterocycles. The zero-order valence-electron chi connectivity index (χ0n) is 14.2. The van der Waals surface area contributed by atoms with E-state index in [0.717, 1.165) is 19.5 Å². The summed E-state index contributed by atoms with van der Waals surface area (Å²) in [7, 11) is 0. The lowest BCUT2D eigenvalue weighted by Gasteiger charge is -2.51. The van der Waals surface area contributed by atoms with E-state index in [0.29, 0.717) is 17.9 Å². The summed E-state index contributed by atoms with van der Waals surface area (Å²) in [4.78, 5) is 2.55. The fourth-order valence-corrected chi connectivity index (χ4v) is 4.70. The van der Waals surface area contributed by atoms with Crippen LogP contribution in [0.3, 0.4) is 0 Å².